The maximum atomic E-state index is 13.3. The van der Waals surface area contributed by atoms with E-state index in [2.05, 4.69) is 30.0 Å². The standard InChI is InChI=1S/C30H33NO4/c1-22(23-14-16-24(17-15-23)30(33)34)8-7-13-29(32)28-20-25-9-5-6-10-26(25)21-31(28)18-19-35-27-11-3-2-4-12-27/h2-6,9-12,14-17,22,28H,7-8,13,18-21H2,1H3,(H,33,34). The number of benzene rings is 3. The van der Waals surface area contributed by atoms with E-state index in [0.29, 0.717) is 25.1 Å². The quantitative estimate of drug-likeness (QED) is 0.387. The predicted octanol–water partition coefficient (Wildman–Crippen LogP) is 5.73. The van der Waals surface area contributed by atoms with Gasteiger partial charge in [-0.1, -0.05) is 61.5 Å². The third-order valence-electron chi connectivity index (χ3n) is 6.89. The Kier molecular flexibility index (Phi) is 8.32. The molecule has 0 aliphatic carbocycles. The van der Waals surface area contributed by atoms with E-state index in [1.54, 1.807) is 12.1 Å². The molecule has 2 unspecified atom stereocenters. The van der Waals surface area contributed by atoms with Gasteiger partial charge in [-0.3, -0.25) is 9.69 Å². The van der Waals surface area contributed by atoms with Crippen LogP contribution >= 0.6 is 0 Å². The van der Waals surface area contributed by atoms with E-state index in [9.17, 15) is 9.59 Å². The number of hydrogen-bond donors (Lipinski definition) is 1. The highest BCUT2D eigenvalue weighted by Gasteiger charge is 2.30. The average Bonchev–Trinajstić information content (AvgIpc) is 2.88. The molecule has 5 nitrogen and oxygen atoms in total. The van der Waals surface area contributed by atoms with Gasteiger partial charge in [-0.15, -0.1) is 0 Å². The highest BCUT2D eigenvalue weighted by molar-refractivity contribution is 5.87. The summed E-state index contributed by atoms with van der Waals surface area (Å²) in [5.74, 6) is 0.487. The molecule has 0 aromatic heterocycles. The van der Waals surface area contributed by atoms with E-state index in [-0.39, 0.29) is 17.7 Å². The SMILES string of the molecule is CC(CCCC(=O)C1Cc2ccccc2CN1CCOc1ccccc1)c1ccc(C(=O)O)cc1. The number of ether oxygens (including phenoxy) is 1. The number of para-hydroxylation sites is 1. The van der Waals surface area contributed by atoms with Crippen molar-refractivity contribution in [2.45, 2.75) is 51.1 Å². The summed E-state index contributed by atoms with van der Waals surface area (Å²) >= 11 is 0. The third-order valence-corrected chi connectivity index (χ3v) is 6.89. The van der Waals surface area contributed by atoms with Gasteiger partial charge in [0, 0.05) is 19.5 Å². The minimum atomic E-state index is -0.914. The van der Waals surface area contributed by atoms with Crippen LogP contribution in [0.2, 0.25) is 0 Å². The van der Waals surface area contributed by atoms with Gasteiger partial charge in [-0.25, -0.2) is 4.79 Å². The molecule has 35 heavy (non-hydrogen) atoms. The minimum absolute atomic E-state index is 0.130. The summed E-state index contributed by atoms with van der Waals surface area (Å²) in [6.45, 7) is 4.13. The highest BCUT2D eigenvalue weighted by atomic mass is 16.5. The summed E-state index contributed by atoms with van der Waals surface area (Å²) < 4.78 is 5.92. The molecule has 5 heteroatoms. The summed E-state index contributed by atoms with van der Waals surface area (Å²) in [6.07, 6.45) is 2.98. The lowest BCUT2D eigenvalue weighted by atomic mass is 9.89. The molecule has 1 heterocycles. The maximum Gasteiger partial charge on any atom is 0.335 e. The Morgan fingerprint density at radius 3 is 2.37 bits per heavy atom. The topological polar surface area (TPSA) is 66.8 Å². The summed E-state index contributed by atoms with van der Waals surface area (Å²) in [5.41, 5.74) is 3.95. The van der Waals surface area contributed by atoms with Crippen LogP contribution in [0.5, 0.6) is 5.75 Å². The number of carbonyl (C=O) groups is 2. The molecule has 1 aliphatic heterocycles. The van der Waals surface area contributed by atoms with Gasteiger partial charge >= 0.3 is 5.97 Å². The Labute approximate surface area is 207 Å². The van der Waals surface area contributed by atoms with Crippen molar-refractivity contribution in [1.29, 1.82) is 0 Å². The van der Waals surface area contributed by atoms with Crippen LogP contribution < -0.4 is 4.74 Å². The van der Waals surface area contributed by atoms with E-state index in [1.165, 1.54) is 11.1 Å². The van der Waals surface area contributed by atoms with Gasteiger partial charge in [0.15, 0.2) is 0 Å². The highest BCUT2D eigenvalue weighted by Crippen LogP contribution is 2.26. The Hall–Kier alpha value is -3.44. The molecule has 3 aromatic carbocycles. The molecule has 1 N–H and O–H groups in total. The lowest BCUT2D eigenvalue weighted by Gasteiger charge is -2.36. The zero-order chi connectivity index (χ0) is 24.6. The van der Waals surface area contributed by atoms with Gasteiger partial charge in [0.2, 0.25) is 0 Å². The van der Waals surface area contributed by atoms with Crippen LogP contribution in [0.25, 0.3) is 0 Å². The fraction of sp³-hybridized carbons (Fsp3) is 0.333. The van der Waals surface area contributed by atoms with E-state index in [4.69, 9.17) is 9.84 Å². The van der Waals surface area contributed by atoms with Crippen molar-refractivity contribution < 1.29 is 19.4 Å². The second-order valence-corrected chi connectivity index (χ2v) is 9.31. The molecule has 0 amide bonds. The molecule has 2 atom stereocenters. The normalized spacial score (nSPS) is 16.3. The first kappa shape index (κ1) is 24.7. The van der Waals surface area contributed by atoms with Crippen LogP contribution in [0.1, 0.15) is 59.2 Å². The summed E-state index contributed by atoms with van der Waals surface area (Å²) in [4.78, 5) is 26.7. The van der Waals surface area contributed by atoms with Gasteiger partial charge in [-0.05, 0) is 66.1 Å². The van der Waals surface area contributed by atoms with E-state index >= 15 is 0 Å². The molecule has 0 bridgehead atoms. The number of carbonyl (C=O) groups excluding carboxylic acids is 1. The number of fused-ring (bicyclic) bond motifs is 1. The van der Waals surface area contributed by atoms with Crippen LogP contribution in [-0.4, -0.2) is 41.0 Å². The fourth-order valence-electron chi connectivity index (χ4n) is 4.80. The molecule has 0 fully saturated rings. The Bertz CT molecular complexity index is 1130. The minimum Gasteiger partial charge on any atom is -0.492 e. The Morgan fingerprint density at radius 2 is 1.66 bits per heavy atom. The number of hydrogen-bond acceptors (Lipinski definition) is 4. The molecule has 1 aliphatic rings. The molecule has 0 saturated carbocycles. The fourth-order valence-corrected chi connectivity index (χ4v) is 4.80. The zero-order valence-corrected chi connectivity index (χ0v) is 20.2. The number of ketones is 1. The van der Waals surface area contributed by atoms with E-state index < -0.39 is 5.97 Å². The molecule has 4 rings (SSSR count). The molecular formula is C30H33NO4. The van der Waals surface area contributed by atoms with Crippen LogP contribution in [0.4, 0.5) is 0 Å². The largest absolute Gasteiger partial charge is 0.492 e. The van der Waals surface area contributed by atoms with Gasteiger partial charge in [0.25, 0.3) is 0 Å². The van der Waals surface area contributed by atoms with Crippen molar-refractivity contribution >= 4 is 11.8 Å². The van der Waals surface area contributed by atoms with Crippen molar-refractivity contribution in [3.8, 4) is 5.75 Å². The summed E-state index contributed by atoms with van der Waals surface area (Å²) in [6, 6.07) is 25.1. The van der Waals surface area contributed by atoms with Crippen LogP contribution in [-0.2, 0) is 17.8 Å². The smallest absolute Gasteiger partial charge is 0.335 e. The van der Waals surface area contributed by atoms with E-state index in [1.807, 2.05) is 48.5 Å². The van der Waals surface area contributed by atoms with Crippen LogP contribution in [0.15, 0.2) is 78.9 Å². The number of carboxylic acids is 1. The molecule has 3 aromatic rings. The van der Waals surface area contributed by atoms with Gasteiger partial charge in [-0.2, -0.15) is 0 Å². The van der Waals surface area contributed by atoms with Crippen molar-refractivity contribution in [3.05, 3.63) is 101 Å². The first-order valence-electron chi connectivity index (χ1n) is 12.4. The second kappa shape index (κ2) is 11.8. The van der Waals surface area contributed by atoms with Gasteiger partial charge in [0.1, 0.15) is 18.1 Å². The first-order valence-corrected chi connectivity index (χ1v) is 12.4. The summed E-state index contributed by atoms with van der Waals surface area (Å²) in [7, 11) is 0. The Balaban J connectivity index is 1.33. The second-order valence-electron chi connectivity index (χ2n) is 9.31. The molecule has 0 spiro atoms. The monoisotopic (exact) mass is 471 g/mol. The molecule has 0 saturated heterocycles. The zero-order valence-electron chi connectivity index (χ0n) is 20.2. The number of aromatic carboxylic acids is 1. The number of rotatable bonds is 11. The number of nitrogens with zero attached hydrogens (tertiary/aromatic N) is 1. The van der Waals surface area contributed by atoms with E-state index in [0.717, 1.165) is 37.1 Å². The van der Waals surface area contributed by atoms with Gasteiger partial charge in [0.05, 0.1) is 11.6 Å². The lowest BCUT2D eigenvalue weighted by Crippen LogP contribution is -2.47. The molecule has 0 radical (unpaired) electrons. The van der Waals surface area contributed by atoms with Crippen molar-refractivity contribution in [2.75, 3.05) is 13.2 Å². The summed E-state index contributed by atoms with van der Waals surface area (Å²) in [5, 5.41) is 9.09. The van der Waals surface area contributed by atoms with Crippen LogP contribution in [0.3, 0.4) is 0 Å². The molecule has 182 valence electrons. The maximum absolute atomic E-state index is 13.3. The predicted molar refractivity (Wildman–Crippen MR) is 137 cm³/mol. The Morgan fingerprint density at radius 1 is 0.971 bits per heavy atom. The van der Waals surface area contributed by atoms with Crippen LogP contribution in [0, 0.1) is 0 Å². The molecular weight excluding hydrogens is 438 g/mol. The van der Waals surface area contributed by atoms with Crippen molar-refractivity contribution in [1.82, 2.24) is 4.90 Å². The lowest BCUT2D eigenvalue weighted by molar-refractivity contribution is -0.125. The first-order chi connectivity index (χ1) is 17.0. The van der Waals surface area contributed by atoms with Gasteiger partial charge < -0.3 is 9.84 Å². The van der Waals surface area contributed by atoms with Crippen molar-refractivity contribution in [2.24, 2.45) is 0 Å². The third kappa shape index (κ3) is 6.58. The van der Waals surface area contributed by atoms with Crippen molar-refractivity contribution in [3.63, 3.8) is 0 Å². The number of Topliss-reactive ketones (excluding diaryl/α,β-unsaturated/α-hetero) is 1. The average molecular weight is 472 g/mol. The number of carboxylic acid groups (broad SMARTS) is 1.